The SMILES string of the molecule is C/C(Br)=C\CC/C(C)=C/CC(C)(C)/C=C/C(=O)N[C@@H](CCC(N)=O)C(=O)O. The highest BCUT2D eigenvalue weighted by molar-refractivity contribution is 9.11. The molecule has 27 heavy (non-hydrogen) atoms. The molecule has 0 saturated carbocycles. The monoisotopic (exact) mass is 442 g/mol. The third-order valence-electron chi connectivity index (χ3n) is 3.92. The summed E-state index contributed by atoms with van der Waals surface area (Å²) in [5, 5.41) is 11.5. The van der Waals surface area contributed by atoms with Crippen molar-refractivity contribution in [2.45, 2.75) is 65.8 Å². The van der Waals surface area contributed by atoms with Crippen molar-refractivity contribution in [1.29, 1.82) is 0 Å². The van der Waals surface area contributed by atoms with Crippen molar-refractivity contribution < 1.29 is 19.5 Å². The second-order valence-corrected chi connectivity index (χ2v) is 8.56. The van der Waals surface area contributed by atoms with Gasteiger partial charge in [0.2, 0.25) is 11.8 Å². The number of allylic oxidation sites excluding steroid dienone is 5. The van der Waals surface area contributed by atoms with Crippen LogP contribution in [-0.4, -0.2) is 28.9 Å². The highest BCUT2D eigenvalue weighted by Gasteiger charge is 2.20. The molecular formula is C20H31BrN2O4. The molecule has 0 aliphatic carbocycles. The van der Waals surface area contributed by atoms with Gasteiger partial charge in [0.1, 0.15) is 6.04 Å². The van der Waals surface area contributed by atoms with Crippen LogP contribution in [0.25, 0.3) is 0 Å². The Morgan fingerprint density at radius 2 is 1.81 bits per heavy atom. The van der Waals surface area contributed by atoms with E-state index in [9.17, 15) is 14.4 Å². The lowest BCUT2D eigenvalue weighted by Crippen LogP contribution is -2.40. The number of primary amides is 1. The molecule has 1 atom stereocenters. The van der Waals surface area contributed by atoms with Gasteiger partial charge in [-0.1, -0.05) is 53.6 Å². The standard InChI is InChI=1S/C20H31BrN2O4/c1-14(6-5-7-15(2)21)10-12-20(3,4)13-11-18(25)23-16(19(26)27)8-9-17(22)24/h7,10-11,13,16H,5-6,8-9,12H2,1-4H3,(H2,22,24)(H,23,25)(H,26,27)/b13-11+,14-10+,15-7+/t16-/m0/s1. The lowest BCUT2D eigenvalue weighted by atomic mass is 9.87. The highest BCUT2D eigenvalue weighted by atomic mass is 79.9. The molecule has 0 aromatic heterocycles. The van der Waals surface area contributed by atoms with Crippen LogP contribution >= 0.6 is 15.9 Å². The van der Waals surface area contributed by atoms with E-state index in [4.69, 9.17) is 10.8 Å². The third kappa shape index (κ3) is 13.9. The Morgan fingerprint density at radius 1 is 1.19 bits per heavy atom. The Hall–Kier alpha value is -1.89. The molecule has 0 heterocycles. The van der Waals surface area contributed by atoms with E-state index in [1.165, 1.54) is 11.6 Å². The number of carboxylic acids is 1. The summed E-state index contributed by atoms with van der Waals surface area (Å²) in [5.74, 6) is -2.29. The number of aliphatic carboxylic acids is 1. The Kier molecular flexibility index (Phi) is 11.6. The maximum Gasteiger partial charge on any atom is 0.326 e. The van der Waals surface area contributed by atoms with Gasteiger partial charge in [0.25, 0.3) is 0 Å². The van der Waals surface area contributed by atoms with Crippen molar-refractivity contribution in [1.82, 2.24) is 5.32 Å². The lowest BCUT2D eigenvalue weighted by molar-refractivity contribution is -0.141. The number of halogens is 1. The first-order valence-corrected chi connectivity index (χ1v) is 9.71. The topological polar surface area (TPSA) is 109 Å². The molecule has 0 spiro atoms. The zero-order valence-electron chi connectivity index (χ0n) is 16.5. The molecule has 0 aromatic rings. The molecule has 0 saturated heterocycles. The molecule has 6 nitrogen and oxygen atoms in total. The lowest BCUT2D eigenvalue weighted by Gasteiger charge is -2.19. The quantitative estimate of drug-likeness (QED) is 0.315. The minimum atomic E-state index is -1.19. The first kappa shape index (κ1) is 25.1. The minimum Gasteiger partial charge on any atom is -0.480 e. The van der Waals surface area contributed by atoms with Crippen molar-refractivity contribution >= 4 is 33.7 Å². The van der Waals surface area contributed by atoms with E-state index in [0.29, 0.717) is 0 Å². The average molecular weight is 443 g/mol. The summed E-state index contributed by atoms with van der Waals surface area (Å²) in [5.41, 5.74) is 6.06. The number of nitrogens with one attached hydrogen (secondary N) is 1. The van der Waals surface area contributed by atoms with Crippen LogP contribution in [0.4, 0.5) is 0 Å². The van der Waals surface area contributed by atoms with Crippen molar-refractivity contribution in [2.24, 2.45) is 11.1 Å². The van der Waals surface area contributed by atoms with Gasteiger partial charge < -0.3 is 16.2 Å². The van der Waals surface area contributed by atoms with Crippen LogP contribution in [0.1, 0.15) is 59.8 Å². The molecule has 0 rings (SSSR count). The zero-order chi connectivity index (χ0) is 21.0. The second kappa shape index (κ2) is 12.5. The fraction of sp³-hybridized carbons (Fsp3) is 0.550. The van der Waals surface area contributed by atoms with E-state index >= 15 is 0 Å². The Morgan fingerprint density at radius 3 is 2.33 bits per heavy atom. The molecule has 0 unspecified atom stereocenters. The van der Waals surface area contributed by atoms with Crippen LogP contribution in [0.15, 0.2) is 34.4 Å². The number of hydrogen-bond donors (Lipinski definition) is 3. The van der Waals surface area contributed by atoms with Gasteiger partial charge in [-0.15, -0.1) is 0 Å². The number of carboxylic acid groups (broad SMARTS) is 1. The molecule has 0 aromatic carbocycles. The van der Waals surface area contributed by atoms with Gasteiger partial charge in [0, 0.05) is 6.42 Å². The highest BCUT2D eigenvalue weighted by Crippen LogP contribution is 2.24. The molecule has 0 radical (unpaired) electrons. The normalized spacial score (nSPS) is 14.3. The van der Waals surface area contributed by atoms with E-state index in [2.05, 4.69) is 40.3 Å². The van der Waals surface area contributed by atoms with Gasteiger partial charge in [-0.2, -0.15) is 0 Å². The van der Waals surface area contributed by atoms with Crippen molar-refractivity contribution in [3.05, 3.63) is 34.4 Å². The number of hydrogen-bond acceptors (Lipinski definition) is 3. The Bertz CT molecular complexity index is 617. The van der Waals surface area contributed by atoms with Gasteiger partial charge in [-0.3, -0.25) is 9.59 Å². The van der Waals surface area contributed by atoms with E-state index in [1.54, 1.807) is 6.08 Å². The predicted molar refractivity (Wildman–Crippen MR) is 111 cm³/mol. The van der Waals surface area contributed by atoms with E-state index < -0.39 is 23.8 Å². The van der Waals surface area contributed by atoms with Crippen molar-refractivity contribution in [3.8, 4) is 0 Å². The Balaban J connectivity index is 4.65. The largest absolute Gasteiger partial charge is 0.480 e. The summed E-state index contributed by atoms with van der Waals surface area (Å²) in [6.07, 6.45) is 9.99. The smallest absolute Gasteiger partial charge is 0.326 e. The number of amides is 2. The summed E-state index contributed by atoms with van der Waals surface area (Å²) in [4.78, 5) is 33.9. The number of nitrogens with two attached hydrogens (primary N) is 1. The fourth-order valence-corrected chi connectivity index (χ4v) is 2.40. The summed E-state index contributed by atoms with van der Waals surface area (Å²) in [6.45, 7) is 8.09. The molecule has 4 N–H and O–H groups in total. The molecule has 2 amide bonds. The number of carbonyl (C=O) groups is 3. The minimum absolute atomic E-state index is 0.0299. The summed E-state index contributed by atoms with van der Waals surface area (Å²) in [7, 11) is 0. The molecule has 7 heteroatoms. The van der Waals surface area contributed by atoms with Crippen LogP contribution < -0.4 is 11.1 Å². The van der Waals surface area contributed by atoms with E-state index in [1.807, 2.05) is 20.8 Å². The van der Waals surface area contributed by atoms with Crippen LogP contribution in [-0.2, 0) is 14.4 Å². The number of rotatable bonds is 12. The van der Waals surface area contributed by atoms with Gasteiger partial charge in [0.05, 0.1) is 0 Å². The van der Waals surface area contributed by atoms with Crippen molar-refractivity contribution in [3.63, 3.8) is 0 Å². The second-order valence-electron chi connectivity index (χ2n) is 7.31. The maximum absolute atomic E-state index is 12.0. The molecular weight excluding hydrogens is 412 g/mol. The Labute approximate surface area is 170 Å². The molecule has 0 aliphatic heterocycles. The van der Waals surface area contributed by atoms with Crippen LogP contribution in [0.5, 0.6) is 0 Å². The molecule has 0 aliphatic rings. The van der Waals surface area contributed by atoms with Gasteiger partial charge in [0.15, 0.2) is 0 Å². The molecule has 0 bridgehead atoms. The summed E-state index contributed by atoms with van der Waals surface area (Å²) >= 11 is 3.41. The first-order chi connectivity index (χ1) is 12.4. The first-order valence-electron chi connectivity index (χ1n) is 8.91. The van der Waals surface area contributed by atoms with Crippen LogP contribution in [0.3, 0.4) is 0 Å². The molecule has 152 valence electrons. The summed E-state index contributed by atoms with van der Waals surface area (Å²) < 4.78 is 1.13. The summed E-state index contributed by atoms with van der Waals surface area (Å²) in [6, 6.07) is -1.13. The maximum atomic E-state index is 12.0. The van der Waals surface area contributed by atoms with Crippen LogP contribution in [0.2, 0.25) is 0 Å². The molecule has 0 fully saturated rings. The fourth-order valence-electron chi connectivity index (χ4n) is 2.17. The third-order valence-corrected chi connectivity index (χ3v) is 4.24. The van der Waals surface area contributed by atoms with Gasteiger partial charge >= 0.3 is 5.97 Å². The van der Waals surface area contributed by atoms with Crippen LogP contribution in [0, 0.1) is 5.41 Å². The van der Waals surface area contributed by atoms with E-state index in [0.717, 1.165) is 23.7 Å². The van der Waals surface area contributed by atoms with E-state index in [-0.39, 0.29) is 18.3 Å². The average Bonchev–Trinajstić information content (AvgIpc) is 2.54. The van der Waals surface area contributed by atoms with Gasteiger partial charge in [-0.25, -0.2) is 4.79 Å². The predicted octanol–water partition coefficient (Wildman–Crippen LogP) is 3.82. The van der Waals surface area contributed by atoms with Crippen molar-refractivity contribution in [2.75, 3.05) is 0 Å². The van der Waals surface area contributed by atoms with Gasteiger partial charge in [-0.05, 0) is 55.5 Å². The number of carbonyl (C=O) groups excluding carboxylic acids is 2. The zero-order valence-corrected chi connectivity index (χ0v) is 18.1.